The summed E-state index contributed by atoms with van der Waals surface area (Å²) in [6.07, 6.45) is -2.00. The second kappa shape index (κ2) is 4.21. The standard InChI is InChI=1S/C16H12F3NO2/c17-16(18,19)10-2-1-3-11(7-10)20-14(21)12-8-4-5-9(6-8)13(12)15(20)22/h1-3,7-8,12H,4-6H2. The van der Waals surface area contributed by atoms with E-state index in [-0.39, 0.29) is 17.5 Å². The van der Waals surface area contributed by atoms with Gasteiger partial charge in [0.05, 0.1) is 17.2 Å². The van der Waals surface area contributed by atoms with Crippen LogP contribution in [0.25, 0.3) is 0 Å². The second-order valence-corrected chi connectivity index (χ2v) is 6.02. The van der Waals surface area contributed by atoms with Gasteiger partial charge in [-0.05, 0) is 43.4 Å². The summed E-state index contributed by atoms with van der Waals surface area (Å²) in [7, 11) is 0. The number of rotatable bonds is 1. The second-order valence-electron chi connectivity index (χ2n) is 6.02. The van der Waals surface area contributed by atoms with Gasteiger partial charge in [-0.3, -0.25) is 9.59 Å². The molecule has 1 aromatic carbocycles. The van der Waals surface area contributed by atoms with Crippen molar-refractivity contribution in [1.82, 2.24) is 0 Å². The summed E-state index contributed by atoms with van der Waals surface area (Å²) in [4.78, 5) is 26.0. The molecule has 1 saturated heterocycles. The third kappa shape index (κ3) is 1.69. The SMILES string of the molecule is O=C1C2=C3CCC(C3)C2C(=O)N1c1cccc(C(F)(F)F)c1. The Labute approximate surface area is 124 Å². The van der Waals surface area contributed by atoms with Gasteiger partial charge in [0.15, 0.2) is 0 Å². The van der Waals surface area contributed by atoms with Crippen molar-refractivity contribution in [2.75, 3.05) is 4.90 Å². The highest BCUT2D eigenvalue weighted by Crippen LogP contribution is 2.52. The monoisotopic (exact) mass is 307 g/mol. The van der Waals surface area contributed by atoms with Crippen LogP contribution in [0.4, 0.5) is 18.9 Å². The summed E-state index contributed by atoms with van der Waals surface area (Å²) in [5.41, 5.74) is 0.705. The van der Waals surface area contributed by atoms with Crippen molar-refractivity contribution in [3.8, 4) is 0 Å². The van der Waals surface area contributed by atoms with E-state index in [2.05, 4.69) is 0 Å². The first-order chi connectivity index (χ1) is 10.4. The minimum Gasteiger partial charge on any atom is -0.273 e. The van der Waals surface area contributed by atoms with E-state index in [1.165, 1.54) is 12.1 Å². The minimum atomic E-state index is -4.50. The van der Waals surface area contributed by atoms with E-state index >= 15 is 0 Å². The van der Waals surface area contributed by atoms with E-state index in [0.717, 1.165) is 41.9 Å². The van der Waals surface area contributed by atoms with Crippen LogP contribution in [0, 0.1) is 11.8 Å². The van der Waals surface area contributed by atoms with Gasteiger partial charge in [0.25, 0.3) is 5.91 Å². The first-order valence-electron chi connectivity index (χ1n) is 7.15. The Bertz CT molecular complexity index is 735. The molecule has 0 N–H and O–H groups in total. The summed E-state index contributed by atoms with van der Waals surface area (Å²) in [6.45, 7) is 0. The lowest BCUT2D eigenvalue weighted by Gasteiger charge is -2.18. The number of imide groups is 1. The molecule has 1 heterocycles. The van der Waals surface area contributed by atoms with Gasteiger partial charge in [0.1, 0.15) is 0 Å². The van der Waals surface area contributed by atoms with Gasteiger partial charge in [0.2, 0.25) is 5.91 Å². The average Bonchev–Trinajstić information content (AvgIpc) is 3.12. The molecule has 4 rings (SSSR count). The van der Waals surface area contributed by atoms with E-state index in [4.69, 9.17) is 0 Å². The van der Waals surface area contributed by atoms with Gasteiger partial charge < -0.3 is 0 Å². The van der Waals surface area contributed by atoms with Gasteiger partial charge in [-0.2, -0.15) is 13.2 Å². The van der Waals surface area contributed by atoms with Crippen LogP contribution in [0.3, 0.4) is 0 Å². The molecule has 0 spiro atoms. The topological polar surface area (TPSA) is 37.4 Å². The van der Waals surface area contributed by atoms with Gasteiger partial charge in [-0.1, -0.05) is 11.6 Å². The van der Waals surface area contributed by atoms with E-state index in [1.807, 2.05) is 0 Å². The number of carbonyl (C=O) groups excluding carboxylic acids is 2. The maximum absolute atomic E-state index is 12.8. The van der Waals surface area contributed by atoms with Crippen LogP contribution in [-0.4, -0.2) is 11.8 Å². The molecule has 2 amide bonds. The van der Waals surface area contributed by atoms with Gasteiger partial charge in [-0.15, -0.1) is 0 Å². The molecule has 2 bridgehead atoms. The molecule has 3 aliphatic rings. The van der Waals surface area contributed by atoms with Crippen molar-refractivity contribution in [2.24, 2.45) is 11.8 Å². The molecule has 2 atom stereocenters. The number of hydrogen-bond acceptors (Lipinski definition) is 2. The Morgan fingerprint density at radius 3 is 2.64 bits per heavy atom. The lowest BCUT2D eigenvalue weighted by Crippen LogP contribution is -2.32. The molecular weight excluding hydrogens is 295 g/mol. The zero-order chi connectivity index (χ0) is 15.6. The number of allylic oxidation sites excluding steroid dienone is 1. The Kier molecular flexibility index (Phi) is 2.59. The predicted octanol–water partition coefficient (Wildman–Crippen LogP) is 3.31. The van der Waals surface area contributed by atoms with Crippen molar-refractivity contribution < 1.29 is 22.8 Å². The van der Waals surface area contributed by atoms with Crippen LogP contribution >= 0.6 is 0 Å². The number of amides is 2. The number of halogens is 3. The molecule has 6 heteroatoms. The molecule has 1 saturated carbocycles. The molecular formula is C16H12F3NO2. The summed E-state index contributed by atoms with van der Waals surface area (Å²) in [5, 5.41) is 0. The Morgan fingerprint density at radius 2 is 1.95 bits per heavy atom. The Morgan fingerprint density at radius 1 is 1.18 bits per heavy atom. The molecule has 2 unspecified atom stereocenters. The minimum absolute atomic E-state index is 0.00623. The third-order valence-corrected chi connectivity index (χ3v) is 4.84. The van der Waals surface area contributed by atoms with E-state index < -0.39 is 23.6 Å². The first-order valence-corrected chi connectivity index (χ1v) is 7.15. The smallest absolute Gasteiger partial charge is 0.273 e. The quantitative estimate of drug-likeness (QED) is 0.747. The number of nitrogens with zero attached hydrogens (tertiary/aromatic N) is 1. The van der Waals surface area contributed by atoms with Crippen LogP contribution in [0.2, 0.25) is 0 Å². The fourth-order valence-corrected chi connectivity index (χ4v) is 3.90. The van der Waals surface area contributed by atoms with Crippen molar-refractivity contribution in [1.29, 1.82) is 0 Å². The molecule has 0 aromatic heterocycles. The highest BCUT2D eigenvalue weighted by atomic mass is 19.4. The number of anilines is 1. The summed E-state index contributed by atoms with van der Waals surface area (Å²) in [5.74, 6) is -1.10. The fraction of sp³-hybridized carbons (Fsp3) is 0.375. The lowest BCUT2D eigenvalue weighted by atomic mass is 9.88. The first kappa shape index (κ1) is 13.5. The number of carbonyl (C=O) groups is 2. The highest BCUT2D eigenvalue weighted by molar-refractivity contribution is 6.30. The Balaban J connectivity index is 1.77. The zero-order valence-electron chi connectivity index (χ0n) is 11.5. The zero-order valence-corrected chi connectivity index (χ0v) is 11.5. The summed E-state index contributed by atoms with van der Waals surface area (Å²) >= 11 is 0. The molecule has 114 valence electrons. The van der Waals surface area contributed by atoms with Crippen molar-refractivity contribution in [3.63, 3.8) is 0 Å². The average molecular weight is 307 g/mol. The number of alkyl halides is 3. The number of benzene rings is 1. The molecule has 3 nitrogen and oxygen atoms in total. The highest BCUT2D eigenvalue weighted by Gasteiger charge is 2.54. The summed E-state index contributed by atoms with van der Waals surface area (Å²) in [6, 6.07) is 4.39. The van der Waals surface area contributed by atoms with Gasteiger partial charge in [-0.25, -0.2) is 4.90 Å². The third-order valence-electron chi connectivity index (χ3n) is 4.84. The lowest BCUT2D eigenvalue weighted by molar-refractivity contribution is -0.137. The molecule has 2 fully saturated rings. The Hall–Kier alpha value is -2.11. The van der Waals surface area contributed by atoms with E-state index in [9.17, 15) is 22.8 Å². The summed E-state index contributed by atoms with van der Waals surface area (Å²) < 4.78 is 38.4. The maximum atomic E-state index is 12.8. The molecule has 0 radical (unpaired) electrons. The van der Waals surface area contributed by atoms with Crippen LogP contribution in [0.15, 0.2) is 35.4 Å². The number of fused-ring (bicyclic) bond motifs is 4. The van der Waals surface area contributed by atoms with Crippen LogP contribution in [-0.2, 0) is 15.8 Å². The van der Waals surface area contributed by atoms with E-state index in [1.54, 1.807) is 0 Å². The van der Waals surface area contributed by atoms with Crippen molar-refractivity contribution >= 4 is 17.5 Å². The maximum Gasteiger partial charge on any atom is 0.416 e. The number of hydrogen-bond donors (Lipinski definition) is 0. The molecule has 2 aliphatic carbocycles. The van der Waals surface area contributed by atoms with Gasteiger partial charge in [0, 0.05) is 5.57 Å². The van der Waals surface area contributed by atoms with Crippen molar-refractivity contribution in [2.45, 2.75) is 25.4 Å². The van der Waals surface area contributed by atoms with Gasteiger partial charge >= 0.3 is 6.18 Å². The molecule has 1 aliphatic heterocycles. The largest absolute Gasteiger partial charge is 0.416 e. The molecule has 1 aromatic rings. The predicted molar refractivity (Wildman–Crippen MR) is 71.8 cm³/mol. The van der Waals surface area contributed by atoms with E-state index in [0.29, 0.717) is 5.57 Å². The van der Waals surface area contributed by atoms with Crippen molar-refractivity contribution in [3.05, 3.63) is 41.0 Å². The van der Waals surface area contributed by atoms with Crippen LogP contribution < -0.4 is 4.90 Å². The van der Waals surface area contributed by atoms with Crippen LogP contribution in [0.1, 0.15) is 24.8 Å². The fourth-order valence-electron chi connectivity index (χ4n) is 3.90. The normalized spacial score (nSPS) is 27.1. The molecule has 22 heavy (non-hydrogen) atoms. The van der Waals surface area contributed by atoms with Crippen LogP contribution in [0.5, 0.6) is 0 Å².